The molecule has 6 heteroatoms. The Kier molecular flexibility index (Phi) is 5.38. The Morgan fingerprint density at radius 1 is 1.47 bits per heavy atom. The Bertz CT molecular complexity index is 280. The molecule has 1 saturated carbocycles. The van der Waals surface area contributed by atoms with Gasteiger partial charge in [0.25, 0.3) is 0 Å². The Balaban J connectivity index is 2.35. The SMILES string of the molecule is CSC1CCC(NS(=O)(=O)CCCN)C1. The van der Waals surface area contributed by atoms with Gasteiger partial charge in [0.2, 0.25) is 10.0 Å². The molecule has 3 N–H and O–H groups in total. The quantitative estimate of drug-likeness (QED) is 0.723. The van der Waals surface area contributed by atoms with Crippen molar-refractivity contribution in [2.75, 3.05) is 18.6 Å². The van der Waals surface area contributed by atoms with E-state index in [0.29, 0.717) is 18.2 Å². The highest BCUT2D eigenvalue weighted by Gasteiger charge is 2.26. The molecule has 0 spiro atoms. The van der Waals surface area contributed by atoms with Gasteiger partial charge >= 0.3 is 0 Å². The summed E-state index contributed by atoms with van der Waals surface area (Å²) in [4.78, 5) is 0. The third-order valence-electron chi connectivity index (χ3n) is 2.68. The van der Waals surface area contributed by atoms with E-state index in [9.17, 15) is 8.42 Å². The summed E-state index contributed by atoms with van der Waals surface area (Å²) >= 11 is 1.83. The summed E-state index contributed by atoms with van der Waals surface area (Å²) in [6, 6.07) is 0.144. The lowest BCUT2D eigenvalue weighted by molar-refractivity contribution is 0.550. The van der Waals surface area contributed by atoms with E-state index in [4.69, 9.17) is 5.73 Å². The largest absolute Gasteiger partial charge is 0.330 e. The maximum Gasteiger partial charge on any atom is 0.211 e. The minimum atomic E-state index is -3.10. The van der Waals surface area contributed by atoms with Crippen LogP contribution in [0.5, 0.6) is 0 Å². The van der Waals surface area contributed by atoms with E-state index in [1.54, 1.807) is 0 Å². The van der Waals surface area contributed by atoms with E-state index >= 15 is 0 Å². The molecule has 0 radical (unpaired) electrons. The van der Waals surface area contributed by atoms with Crippen molar-refractivity contribution in [2.45, 2.75) is 37.0 Å². The highest BCUT2D eigenvalue weighted by Crippen LogP contribution is 2.28. The zero-order chi connectivity index (χ0) is 11.3. The number of hydrogen-bond acceptors (Lipinski definition) is 4. The lowest BCUT2D eigenvalue weighted by Crippen LogP contribution is -2.35. The van der Waals surface area contributed by atoms with Crippen LogP contribution in [-0.4, -0.2) is 38.3 Å². The molecule has 0 saturated heterocycles. The van der Waals surface area contributed by atoms with Crippen LogP contribution in [0.15, 0.2) is 0 Å². The number of rotatable bonds is 6. The van der Waals surface area contributed by atoms with Crippen LogP contribution in [-0.2, 0) is 10.0 Å². The molecular formula is C9H20N2O2S2. The van der Waals surface area contributed by atoms with Gasteiger partial charge in [0, 0.05) is 11.3 Å². The first-order chi connectivity index (χ1) is 7.07. The van der Waals surface area contributed by atoms with E-state index < -0.39 is 10.0 Å². The molecule has 2 unspecified atom stereocenters. The Morgan fingerprint density at radius 3 is 2.73 bits per heavy atom. The van der Waals surface area contributed by atoms with E-state index in [1.807, 2.05) is 11.8 Å². The Hall–Kier alpha value is 0.220. The first kappa shape index (κ1) is 13.3. The molecule has 1 aliphatic carbocycles. The zero-order valence-electron chi connectivity index (χ0n) is 9.11. The molecule has 1 fully saturated rings. The molecule has 90 valence electrons. The van der Waals surface area contributed by atoms with Gasteiger partial charge < -0.3 is 5.73 Å². The Labute approximate surface area is 96.4 Å². The molecule has 4 nitrogen and oxygen atoms in total. The second kappa shape index (κ2) is 6.08. The van der Waals surface area contributed by atoms with Crippen molar-refractivity contribution in [1.82, 2.24) is 4.72 Å². The van der Waals surface area contributed by atoms with Gasteiger partial charge in [0.1, 0.15) is 0 Å². The molecule has 1 rings (SSSR count). The maximum atomic E-state index is 11.6. The zero-order valence-corrected chi connectivity index (χ0v) is 10.7. The number of thioether (sulfide) groups is 1. The predicted molar refractivity (Wildman–Crippen MR) is 65.5 cm³/mol. The van der Waals surface area contributed by atoms with E-state index in [0.717, 1.165) is 19.3 Å². The number of hydrogen-bond donors (Lipinski definition) is 2. The van der Waals surface area contributed by atoms with E-state index in [2.05, 4.69) is 11.0 Å². The fourth-order valence-corrected chi connectivity index (χ4v) is 4.03. The molecule has 0 amide bonds. The summed E-state index contributed by atoms with van der Waals surface area (Å²) in [5, 5.41) is 0.618. The Morgan fingerprint density at radius 2 is 2.20 bits per heavy atom. The molecule has 15 heavy (non-hydrogen) atoms. The third kappa shape index (κ3) is 4.72. The van der Waals surface area contributed by atoms with Crippen LogP contribution in [0.3, 0.4) is 0 Å². The number of nitrogens with two attached hydrogens (primary N) is 1. The van der Waals surface area contributed by atoms with Gasteiger partial charge in [-0.15, -0.1) is 0 Å². The minimum Gasteiger partial charge on any atom is -0.330 e. The summed E-state index contributed by atoms with van der Waals surface area (Å²) in [6.07, 6.45) is 5.66. The van der Waals surface area contributed by atoms with Crippen molar-refractivity contribution in [3.05, 3.63) is 0 Å². The smallest absolute Gasteiger partial charge is 0.211 e. The molecule has 0 bridgehead atoms. The molecule has 0 aromatic heterocycles. The highest BCUT2D eigenvalue weighted by atomic mass is 32.2. The van der Waals surface area contributed by atoms with Crippen LogP contribution >= 0.6 is 11.8 Å². The summed E-state index contributed by atoms with van der Waals surface area (Å²) in [5.74, 6) is 0.157. The van der Waals surface area contributed by atoms with Crippen molar-refractivity contribution < 1.29 is 8.42 Å². The fourth-order valence-electron chi connectivity index (χ4n) is 1.85. The average Bonchev–Trinajstić information content (AvgIpc) is 2.62. The van der Waals surface area contributed by atoms with Gasteiger partial charge in [-0.05, 0) is 38.5 Å². The van der Waals surface area contributed by atoms with Crippen LogP contribution in [0, 0.1) is 0 Å². The second-order valence-corrected chi connectivity index (χ2v) is 6.96. The second-order valence-electron chi connectivity index (χ2n) is 3.95. The number of nitrogens with one attached hydrogen (secondary N) is 1. The van der Waals surface area contributed by atoms with Crippen LogP contribution in [0.2, 0.25) is 0 Å². The fraction of sp³-hybridized carbons (Fsp3) is 1.00. The van der Waals surface area contributed by atoms with Crippen molar-refractivity contribution in [3.63, 3.8) is 0 Å². The van der Waals surface area contributed by atoms with Gasteiger partial charge in [-0.3, -0.25) is 0 Å². The third-order valence-corrected chi connectivity index (χ3v) is 5.29. The molecule has 0 aliphatic heterocycles. The van der Waals surface area contributed by atoms with Crippen molar-refractivity contribution in [1.29, 1.82) is 0 Å². The average molecular weight is 252 g/mol. The predicted octanol–water partition coefficient (Wildman–Crippen LogP) is 0.539. The first-order valence-electron chi connectivity index (χ1n) is 5.30. The van der Waals surface area contributed by atoms with E-state index in [1.165, 1.54) is 0 Å². The highest BCUT2D eigenvalue weighted by molar-refractivity contribution is 7.99. The summed E-state index contributed by atoms with van der Waals surface area (Å²) in [5.41, 5.74) is 5.29. The van der Waals surface area contributed by atoms with Gasteiger partial charge in [0.05, 0.1) is 5.75 Å². The number of sulfonamides is 1. The molecule has 2 atom stereocenters. The molecule has 0 aromatic carbocycles. The summed E-state index contributed by atoms with van der Waals surface area (Å²) < 4.78 is 25.9. The normalized spacial score (nSPS) is 27.1. The van der Waals surface area contributed by atoms with Crippen LogP contribution in [0.4, 0.5) is 0 Å². The molecule has 0 heterocycles. The standard InChI is InChI=1S/C9H20N2O2S2/c1-14-9-4-3-8(7-9)11-15(12,13)6-2-5-10/h8-9,11H,2-7,10H2,1H3. The van der Waals surface area contributed by atoms with Gasteiger partial charge in [0.15, 0.2) is 0 Å². The lowest BCUT2D eigenvalue weighted by Gasteiger charge is -2.12. The van der Waals surface area contributed by atoms with Gasteiger partial charge in [-0.25, -0.2) is 13.1 Å². The van der Waals surface area contributed by atoms with Crippen molar-refractivity contribution in [2.24, 2.45) is 5.73 Å². The molecule has 1 aliphatic rings. The monoisotopic (exact) mass is 252 g/mol. The molecule has 0 aromatic rings. The first-order valence-corrected chi connectivity index (χ1v) is 8.24. The van der Waals surface area contributed by atoms with Gasteiger partial charge in [-0.2, -0.15) is 11.8 Å². The van der Waals surface area contributed by atoms with Crippen LogP contribution < -0.4 is 10.5 Å². The summed E-state index contributed by atoms with van der Waals surface area (Å²) in [7, 11) is -3.10. The van der Waals surface area contributed by atoms with Crippen molar-refractivity contribution in [3.8, 4) is 0 Å². The topological polar surface area (TPSA) is 72.2 Å². The van der Waals surface area contributed by atoms with Crippen LogP contribution in [0.1, 0.15) is 25.7 Å². The molecular weight excluding hydrogens is 232 g/mol. The lowest BCUT2D eigenvalue weighted by atomic mass is 10.3. The maximum absolute atomic E-state index is 11.6. The van der Waals surface area contributed by atoms with Crippen LogP contribution in [0.25, 0.3) is 0 Å². The summed E-state index contributed by atoms with van der Waals surface area (Å²) in [6.45, 7) is 0.430. The minimum absolute atomic E-state index is 0.144. The van der Waals surface area contributed by atoms with Gasteiger partial charge in [-0.1, -0.05) is 0 Å². The van der Waals surface area contributed by atoms with Crippen molar-refractivity contribution >= 4 is 21.8 Å². The van der Waals surface area contributed by atoms with E-state index in [-0.39, 0.29) is 11.8 Å².